The number of hydrogen-bond acceptors (Lipinski definition) is 2. The van der Waals surface area contributed by atoms with Gasteiger partial charge in [0.1, 0.15) is 5.75 Å². The van der Waals surface area contributed by atoms with Crippen molar-refractivity contribution in [1.29, 1.82) is 0 Å². The van der Waals surface area contributed by atoms with E-state index in [1.165, 1.54) is 5.56 Å². The highest BCUT2D eigenvalue weighted by molar-refractivity contribution is 5.81. The lowest BCUT2D eigenvalue weighted by Crippen LogP contribution is -2.38. The van der Waals surface area contributed by atoms with Gasteiger partial charge >= 0.3 is 0 Å². The fourth-order valence-corrected chi connectivity index (χ4v) is 2.38. The molecule has 0 radical (unpaired) electrons. The van der Waals surface area contributed by atoms with Crippen molar-refractivity contribution < 1.29 is 9.53 Å². The summed E-state index contributed by atoms with van der Waals surface area (Å²) in [7, 11) is 0. The summed E-state index contributed by atoms with van der Waals surface area (Å²) in [5.74, 6) is 1.38. The number of likely N-dealkylation sites (tertiary alicyclic amines) is 1. The summed E-state index contributed by atoms with van der Waals surface area (Å²) in [6.07, 6.45) is 1.83. The second-order valence-electron chi connectivity index (χ2n) is 5.52. The molecule has 0 N–H and O–H groups in total. The number of carbonyl (C=O) groups is 1. The molecule has 1 aromatic rings. The maximum atomic E-state index is 12.1. The summed E-state index contributed by atoms with van der Waals surface area (Å²) in [5, 5.41) is 0. The van der Waals surface area contributed by atoms with Gasteiger partial charge in [-0.15, -0.1) is 0 Å². The summed E-state index contributed by atoms with van der Waals surface area (Å²) >= 11 is 0. The molecule has 0 aromatic heterocycles. The van der Waals surface area contributed by atoms with Crippen molar-refractivity contribution in [3.8, 4) is 5.75 Å². The van der Waals surface area contributed by atoms with Gasteiger partial charge in [0.2, 0.25) is 0 Å². The van der Waals surface area contributed by atoms with Crippen LogP contribution in [0.3, 0.4) is 0 Å². The molecule has 1 heterocycles. The minimum absolute atomic E-state index is 0.102. The third kappa shape index (κ3) is 3.49. The molecule has 1 aliphatic rings. The van der Waals surface area contributed by atoms with E-state index in [9.17, 15) is 4.79 Å². The first-order valence-electron chi connectivity index (χ1n) is 7.13. The summed E-state index contributed by atoms with van der Waals surface area (Å²) < 4.78 is 5.73. The van der Waals surface area contributed by atoms with Crippen LogP contribution in [-0.2, 0) is 4.79 Å². The zero-order chi connectivity index (χ0) is 13.8. The molecule has 0 spiro atoms. The zero-order valence-electron chi connectivity index (χ0n) is 12.1. The van der Waals surface area contributed by atoms with E-state index in [0.29, 0.717) is 5.92 Å². The monoisotopic (exact) mass is 261 g/mol. The molecule has 1 unspecified atom stereocenters. The molecule has 0 aliphatic carbocycles. The van der Waals surface area contributed by atoms with Crippen LogP contribution in [0.2, 0.25) is 0 Å². The molecule has 104 valence electrons. The predicted octanol–water partition coefficient (Wildman–Crippen LogP) is 3.20. The second-order valence-corrected chi connectivity index (χ2v) is 5.52. The van der Waals surface area contributed by atoms with E-state index >= 15 is 0 Å². The van der Waals surface area contributed by atoms with Gasteiger partial charge in [-0.1, -0.05) is 26.0 Å². The minimum Gasteiger partial charge on any atom is -0.481 e. The van der Waals surface area contributed by atoms with Crippen molar-refractivity contribution >= 4 is 5.91 Å². The smallest absolute Gasteiger partial charge is 0.263 e. The highest BCUT2D eigenvalue weighted by Gasteiger charge is 2.24. The van der Waals surface area contributed by atoms with Crippen LogP contribution in [0, 0.1) is 0 Å². The maximum Gasteiger partial charge on any atom is 0.263 e. The molecule has 1 amide bonds. The molecular formula is C16H23NO2. The quantitative estimate of drug-likeness (QED) is 0.833. The van der Waals surface area contributed by atoms with E-state index in [1.807, 2.05) is 24.0 Å². The Morgan fingerprint density at radius 3 is 2.21 bits per heavy atom. The summed E-state index contributed by atoms with van der Waals surface area (Å²) in [6.45, 7) is 7.90. The number of ether oxygens (including phenoxy) is 1. The first-order valence-corrected chi connectivity index (χ1v) is 7.13. The maximum absolute atomic E-state index is 12.1. The Kier molecular flexibility index (Phi) is 4.46. The molecule has 19 heavy (non-hydrogen) atoms. The van der Waals surface area contributed by atoms with Gasteiger partial charge in [-0.2, -0.15) is 0 Å². The molecular weight excluding hydrogens is 238 g/mol. The Morgan fingerprint density at radius 2 is 1.68 bits per heavy atom. The van der Waals surface area contributed by atoms with Crippen LogP contribution < -0.4 is 4.74 Å². The molecule has 3 nitrogen and oxygen atoms in total. The number of hydrogen-bond donors (Lipinski definition) is 0. The van der Waals surface area contributed by atoms with Gasteiger partial charge in [0, 0.05) is 13.1 Å². The molecule has 1 atom stereocenters. The number of benzene rings is 1. The van der Waals surface area contributed by atoms with Crippen LogP contribution in [0.5, 0.6) is 5.75 Å². The van der Waals surface area contributed by atoms with Crippen molar-refractivity contribution in [1.82, 2.24) is 4.90 Å². The van der Waals surface area contributed by atoms with Gasteiger partial charge < -0.3 is 9.64 Å². The first-order chi connectivity index (χ1) is 9.08. The second kappa shape index (κ2) is 6.09. The standard InChI is InChI=1S/C16H23NO2/c1-12(2)14-6-8-15(9-7-14)19-13(3)16(18)17-10-4-5-11-17/h6-9,12-13H,4-5,10-11H2,1-3H3. The Labute approximate surface area is 115 Å². The van der Waals surface area contributed by atoms with E-state index < -0.39 is 6.10 Å². The highest BCUT2D eigenvalue weighted by Crippen LogP contribution is 2.20. The predicted molar refractivity (Wildman–Crippen MR) is 76.4 cm³/mol. The Hall–Kier alpha value is -1.51. The van der Waals surface area contributed by atoms with Crippen LogP contribution >= 0.6 is 0 Å². The average molecular weight is 261 g/mol. The molecule has 2 rings (SSSR count). The first kappa shape index (κ1) is 13.9. The largest absolute Gasteiger partial charge is 0.481 e. The van der Waals surface area contributed by atoms with Crippen LogP contribution in [0.25, 0.3) is 0 Å². The molecule has 1 saturated heterocycles. The van der Waals surface area contributed by atoms with Gasteiger partial charge in [-0.05, 0) is 43.4 Å². The lowest BCUT2D eigenvalue weighted by Gasteiger charge is -2.21. The minimum atomic E-state index is -0.400. The Morgan fingerprint density at radius 1 is 1.11 bits per heavy atom. The van der Waals surface area contributed by atoms with Crippen LogP contribution in [-0.4, -0.2) is 30.0 Å². The number of rotatable bonds is 4. The zero-order valence-corrected chi connectivity index (χ0v) is 12.1. The fourth-order valence-electron chi connectivity index (χ4n) is 2.38. The van der Waals surface area contributed by atoms with E-state index in [2.05, 4.69) is 26.0 Å². The van der Waals surface area contributed by atoms with E-state index in [1.54, 1.807) is 0 Å². The summed E-state index contributed by atoms with van der Waals surface area (Å²) in [5.41, 5.74) is 1.28. The van der Waals surface area contributed by atoms with Crippen molar-refractivity contribution in [3.05, 3.63) is 29.8 Å². The molecule has 1 aliphatic heterocycles. The van der Waals surface area contributed by atoms with Crippen molar-refractivity contribution in [2.24, 2.45) is 0 Å². The molecule has 0 saturated carbocycles. The summed E-state index contributed by atoms with van der Waals surface area (Å²) in [4.78, 5) is 14.0. The van der Waals surface area contributed by atoms with Crippen molar-refractivity contribution in [3.63, 3.8) is 0 Å². The van der Waals surface area contributed by atoms with E-state index in [0.717, 1.165) is 31.7 Å². The van der Waals surface area contributed by atoms with Crippen LogP contribution in [0.4, 0.5) is 0 Å². The molecule has 1 fully saturated rings. The third-order valence-corrected chi connectivity index (χ3v) is 3.63. The number of amides is 1. The number of carbonyl (C=O) groups excluding carboxylic acids is 1. The van der Waals surface area contributed by atoms with Crippen LogP contribution in [0.1, 0.15) is 45.1 Å². The van der Waals surface area contributed by atoms with Gasteiger partial charge in [0.05, 0.1) is 0 Å². The third-order valence-electron chi connectivity index (χ3n) is 3.63. The fraction of sp³-hybridized carbons (Fsp3) is 0.562. The van der Waals surface area contributed by atoms with Gasteiger partial charge in [0.25, 0.3) is 5.91 Å². The molecule has 0 bridgehead atoms. The number of nitrogens with zero attached hydrogens (tertiary/aromatic N) is 1. The SMILES string of the molecule is CC(Oc1ccc(C(C)C)cc1)C(=O)N1CCCC1. The Balaban J connectivity index is 1.94. The van der Waals surface area contributed by atoms with Gasteiger partial charge in [-0.25, -0.2) is 0 Å². The normalized spacial score (nSPS) is 16.7. The average Bonchev–Trinajstić information content (AvgIpc) is 2.92. The highest BCUT2D eigenvalue weighted by atomic mass is 16.5. The van der Waals surface area contributed by atoms with Crippen LogP contribution in [0.15, 0.2) is 24.3 Å². The lowest BCUT2D eigenvalue weighted by molar-refractivity contribution is -0.136. The lowest BCUT2D eigenvalue weighted by atomic mass is 10.0. The van der Waals surface area contributed by atoms with Crippen molar-refractivity contribution in [2.75, 3.05) is 13.1 Å². The van der Waals surface area contributed by atoms with Crippen molar-refractivity contribution in [2.45, 2.75) is 45.6 Å². The van der Waals surface area contributed by atoms with E-state index in [-0.39, 0.29) is 5.91 Å². The van der Waals surface area contributed by atoms with E-state index in [4.69, 9.17) is 4.74 Å². The molecule has 1 aromatic carbocycles. The Bertz CT molecular complexity index is 419. The molecule has 3 heteroatoms. The topological polar surface area (TPSA) is 29.5 Å². The van der Waals surface area contributed by atoms with Gasteiger partial charge in [-0.3, -0.25) is 4.79 Å². The van der Waals surface area contributed by atoms with Gasteiger partial charge in [0.15, 0.2) is 6.10 Å². The summed E-state index contributed by atoms with van der Waals surface area (Å²) in [6, 6.07) is 8.02.